The topological polar surface area (TPSA) is 35.5 Å². The molecule has 0 amide bonds. The monoisotopic (exact) mass is 254 g/mol. The van der Waals surface area contributed by atoms with Crippen LogP contribution in [0.4, 0.5) is 0 Å². The van der Waals surface area contributed by atoms with Crippen molar-refractivity contribution in [2.75, 3.05) is 27.2 Å². The van der Waals surface area contributed by atoms with Gasteiger partial charge in [-0.3, -0.25) is 0 Å². The fraction of sp³-hybridized carbons (Fsp3) is 1.00. The average molecular weight is 254 g/mol. The summed E-state index contributed by atoms with van der Waals surface area (Å²) in [6.07, 6.45) is 9.80. The number of hydrogen-bond donors (Lipinski definition) is 2. The normalized spacial score (nSPS) is 32.0. The molecule has 0 bridgehead atoms. The van der Waals surface area contributed by atoms with Gasteiger partial charge in [0.2, 0.25) is 0 Å². The molecule has 0 aromatic carbocycles. The molecule has 2 aliphatic rings. The predicted octanol–water partition coefficient (Wildman–Crippen LogP) is 2.00. The minimum absolute atomic E-state index is 0.390. The van der Waals surface area contributed by atoms with E-state index in [-0.39, 0.29) is 0 Å². The van der Waals surface area contributed by atoms with E-state index in [4.69, 9.17) is 0 Å². The van der Waals surface area contributed by atoms with Gasteiger partial charge in [0, 0.05) is 19.1 Å². The average Bonchev–Trinajstić information content (AvgIpc) is 2.76. The van der Waals surface area contributed by atoms with Crippen molar-refractivity contribution in [3.05, 3.63) is 0 Å². The minimum Gasteiger partial charge on any atom is -0.389 e. The summed E-state index contributed by atoms with van der Waals surface area (Å²) in [5.74, 6) is 0.763. The largest absolute Gasteiger partial charge is 0.389 e. The Morgan fingerprint density at radius 2 is 1.83 bits per heavy atom. The summed E-state index contributed by atoms with van der Waals surface area (Å²) < 4.78 is 0. The number of hydrogen-bond acceptors (Lipinski definition) is 3. The Balaban J connectivity index is 1.80. The summed E-state index contributed by atoms with van der Waals surface area (Å²) in [5.41, 5.74) is -0.390. The van der Waals surface area contributed by atoms with Crippen molar-refractivity contribution in [1.82, 2.24) is 10.2 Å². The molecule has 0 saturated heterocycles. The first-order valence-corrected chi connectivity index (χ1v) is 7.71. The van der Waals surface area contributed by atoms with Crippen molar-refractivity contribution in [1.29, 1.82) is 0 Å². The van der Waals surface area contributed by atoms with Crippen molar-refractivity contribution >= 4 is 0 Å². The Labute approximate surface area is 112 Å². The molecular formula is C15H30N2O. The van der Waals surface area contributed by atoms with Gasteiger partial charge in [-0.05, 0) is 45.7 Å². The van der Waals surface area contributed by atoms with Crippen LogP contribution in [0.1, 0.15) is 51.4 Å². The van der Waals surface area contributed by atoms with Gasteiger partial charge in [-0.15, -0.1) is 0 Å². The van der Waals surface area contributed by atoms with Crippen molar-refractivity contribution < 1.29 is 5.11 Å². The lowest BCUT2D eigenvalue weighted by molar-refractivity contribution is 0.0100. The maximum Gasteiger partial charge on any atom is 0.0774 e. The SMILES string of the molecule is CNC1CCCCC1CN(C)CC1(O)CCCC1. The van der Waals surface area contributed by atoms with Crippen molar-refractivity contribution in [2.24, 2.45) is 5.92 Å². The van der Waals surface area contributed by atoms with E-state index >= 15 is 0 Å². The Morgan fingerprint density at radius 1 is 1.17 bits per heavy atom. The van der Waals surface area contributed by atoms with Gasteiger partial charge in [-0.25, -0.2) is 0 Å². The Morgan fingerprint density at radius 3 is 2.50 bits per heavy atom. The molecular weight excluding hydrogens is 224 g/mol. The zero-order chi connectivity index (χ0) is 13.0. The van der Waals surface area contributed by atoms with Crippen LogP contribution in [-0.2, 0) is 0 Å². The van der Waals surface area contributed by atoms with Crippen molar-refractivity contribution in [2.45, 2.75) is 63.0 Å². The molecule has 0 heterocycles. The van der Waals surface area contributed by atoms with E-state index in [1.54, 1.807) is 0 Å². The van der Waals surface area contributed by atoms with Crippen LogP contribution in [0.5, 0.6) is 0 Å². The van der Waals surface area contributed by atoms with Gasteiger partial charge in [0.15, 0.2) is 0 Å². The maximum atomic E-state index is 10.5. The van der Waals surface area contributed by atoms with E-state index in [1.165, 1.54) is 38.5 Å². The number of nitrogens with zero attached hydrogens (tertiary/aromatic N) is 1. The lowest BCUT2D eigenvalue weighted by Crippen LogP contribution is -2.46. The molecule has 2 unspecified atom stereocenters. The van der Waals surface area contributed by atoms with Gasteiger partial charge in [-0.2, -0.15) is 0 Å². The highest BCUT2D eigenvalue weighted by atomic mass is 16.3. The molecule has 2 saturated carbocycles. The third-order valence-corrected chi connectivity index (χ3v) is 4.92. The number of rotatable bonds is 5. The molecule has 18 heavy (non-hydrogen) atoms. The van der Waals surface area contributed by atoms with Crippen LogP contribution in [-0.4, -0.2) is 48.8 Å². The van der Waals surface area contributed by atoms with Gasteiger partial charge < -0.3 is 15.3 Å². The molecule has 2 fully saturated rings. The molecule has 2 rings (SSSR count). The lowest BCUT2D eigenvalue weighted by atomic mass is 9.84. The Bertz CT molecular complexity index is 251. The van der Waals surface area contributed by atoms with E-state index in [2.05, 4.69) is 24.3 Å². The zero-order valence-electron chi connectivity index (χ0n) is 12.1. The van der Waals surface area contributed by atoms with Gasteiger partial charge in [0.1, 0.15) is 0 Å². The first kappa shape index (κ1) is 14.3. The molecule has 0 aromatic rings. The van der Waals surface area contributed by atoms with Crippen LogP contribution in [0.3, 0.4) is 0 Å². The second-order valence-corrected chi connectivity index (χ2v) is 6.57. The third kappa shape index (κ3) is 3.69. The van der Waals surface area contributed by atoms with Crippen LogP contribution in [0.2, 0.25) is 0 Å². The molecule has 0 aliphatic heterocycles. The van der Waals surface area contributed by atoms with E-state index in [1.807, 2.05) is 0 Å². The second-order valence-electron chi connectivity index (χ2n) is 6.57. The van der Waals surface area contributed by atoms with E-state index in [0.29, 0.717) is 6.04 Å². The molecule has 2 aliphatic carbocycles. The summed E-state index contributed by atoms with van der Waals surface area (Å²) in [5, 5.41) is 13.9. The molecule has 0 aromatic heterocycles. The molecule has 3 heteroatoms. The third-order valence-electron chi connectivity index (χ3n) is 4.92. The molecule has 0 radical (unpaired) electrons. The Kier molecular flexibility index (Phi) is 5.05. The molecule has 2 N–H and O–H groups in total. The lowest BCUT2D eigenvalue weighted by Gasteiger charge is -2.36. The van der Waals surface area contributed by atoms with Crippen molar-refractivity contribution in [3.8, 4) is 0 Å². The van der Waals surface area contributed by atoms with E-state index in [9.17, 15) is 5.11 Å². The van der Waals surface area contributed by atoms with Crippen LogP contribution >= 0.6 is 0 Å². The number of nitrogens with one attached hydrogen (secondary N) is 1. The highest BCUT2D eigenvalue weighted by Crippen LogP contribution is 2.31. The quantitative estimate of drug-likeness (QED) is 0.788. The van der Waals surface area contributed by atoms with Gasteiger partial charge in [0.25, 0.3) is 0 Å². The minimum atomic E-state index is -0.390. The van der Waals surface area contributed by atoms with Crippen LogP contribution in [0.15, 0.2) is 0 Å². The second kappa shape index (κ2) is 6.36. The fourth-order valence-corrected chi connectivity index (χ4v) is 3.96. The summed E-state index contributed by atoms with van der Waals surface area (Å²) in [4.78, 5) is 2.37. The van der Waals surface area contributed by atoms with E-state index < -0.39 is 5.60 Å². The van der Waals surface area contributed by atoms with E-state index in [0.717, 1.165) is 31.8 Å². The standard InChI is InChI=1S/C15H30N2O/c1-16-14-8-4-3-7-13(14)11-17(2)12-15(18)9-5-6-10-15/h13-14,16,18H,3-12H2,1-2H3. The van der Waals surface area contributed by atoms with Crippen LogP contribution < -0.4 is 5.32 Å². The molecule has 3 nitrogen and oxygen atoms in total. The summed E-state index contributed by atoms with van der Waals surface area (Å²) >= 11 is 0. The fourth-order valence-electron chi connectivity index (χ4n) is 3.96. The summed E-state index contributed by atoms with van der Waals surface area (Å²) in [7, 11) is 4.27. The predicted molar refractivity (Wildman–Crippen MR) is 75.7 cm³/mol. The van der Waals surface area contributed by atoms with Gasteiger partial charge in [0.05, 0.1) is 5.60 Å². The first-order valence-electron chi connectivity index (χ1n) is 7.71. The van der Waals surface area contributed by atoms with Gasteiger partial charge in [-0.1, -0.05) is 25.7 Å². The number of aliphatic hydroxyl groups is 1. The smallest absolute Gasteiger partial charge is 0.0774 e. The molecule has 106 valence electrons. The zero-order valence-corrected chi connectivity index (χ0v) is 12.1. The highest BCUT2D eigenvalue weighted by Gasteiger charge is 2.33. The molecule has 2 atom stereocenters. The molecule has 0 spiro atoms. The first-order chi connectivity index (χ1) is 8.63. The van der Waals surface area contributed by atoms with Crippen LogP contribution in [0, 0.1) is 5.92 Å². The summed E-state index contributed by atoms with van der Waals surface area (Å²) in [6.45, 7) is 1.99. The van der Waals surface area contributed by atoms with Crippen molar-refractivity contribution in [3.63, 3.8) is 0 Å². The van der Waals surface area contributed by atoms with Crippen LogP contribution in [0.25, 0.3) is 0 Å². The maximum absolute atomic E-state index is 10.5. The summed E-state index contributed by atoms with van der Waals surface area (Å²) in [6, 6.07) is 0.680. The highest BCUT2D eigenvalue weighted by molar-refractivity contribution is 4.88. The Hall–Kier alpha value is -0.120. The van der Waals surface area contributed by atoms with Gasteiger partial charge >= 0.3 is 0 Å². The number of likely N-dealkylation sites (N-methyl/N-ethyl adjacent to an activating group) is 1.